The number of amides is 1. The van der Waals surface area contributed by atoms with Gasteiger partial charge in [-0.25, -0.2) is 8.42 Å². The van der Waals surface area contributed by atoms with E-state index in [-0.39, 0.29) is 22.8 Å². The zero-order chi connectivity index (χ0) is 13.9. The largest absolute Gasteiger partial charge is 0.507 e. The molecule has 0 radical (unpaired) electrons. The van der Waals surface area contributed by atoms with Crippen LogP contribution >= 0.6 is 0 Å². The van der Waals surface area contributed by atoms with E-state index < -0.39 is 21.8 Å². The van der Waals surface area contributed by atoms with Crippen molar-refractivity contribution >= 4 is 15.7 Å². The Kier molecular flexibility index (Phi) is 4.18. The van der Waals surface area contributed by atoms with Gasteiger partial charge in [-0.1, -0.05) is 6.07 Å². The Balaban J connectivity index is 2.83. The summed E-state index contributed by atoms with van der Waals surface area (Å²) in [6.45, 7) is 1.52. The quantitative estimate of drug-likeness (QED) is 0.730. The maximum atomic E-state index is 11.8. The lowest BCUT2D eigenvalue weighted by molar-refractivity contribution is 0.0938. The van der Waals surface area contributed by atoms with Gasteiger partial charge in [0.2, 0.25) is 0 Å². The van der Waals surface area contributed by atoms with Gasteiger partial charge in [-0.05, 0) is 19.1 Å². The summed E-state index contributed by atoms with van der Waals surface area (Å²) in [7, 11) is -3.21. The topological polar surface area (TPSA) is 104 Å². The van der Waals surface area contributed by atoms with Crippen molar-refractivity contribution in [2.75, 3.05) is 12.0 Å². The third-order valence-corrected chi connectivity index (χ3v) is 3.28. The molecule has 0 spiro atoms. The van der Waals surface area contributed by atoms with Gasteiger partial charge in [0.25, 0.3) is 5.91 Å². The van der Waals surface area contributed by atoms with Gasteiger partial charge in [-0.3, -0.25) is 4.79 Å². The van der Waals surface area contributed by atoms with E-state index in [1.165, 1.54) is 25.1 Å². The van der Waals surface area contributed by atoms with E-state index >= 15 is 0 Å². The van der Waals surface area contributed by atoms with Crippen molar-refractivity contribution in [1.82, 2.24) is 5.32 Å². The number of carbonyl (C=O) groups is 1. The number of phenolic OH excluding ortho intramolecular Hbond substituents is 2. The normalized spacial score (nSPS) is 13.0. The molecule has 0 aliphatic heterocycles. The number of rotatable bonds is 4. The first-order chi connectivity index (χ1) is 8.20. The molecule has 0 saturated heterocycles. The predicted molar refractivity (Wildman–Crippen MR) is 66.4 cm³/mol. The molecule has 18 heavy (non-hydrogen) atoms. The van der Waals surface area contributed by atoms with E-state index in [2.05, 4.69) is 5.32 Å². The molecule has 1 rings (SSSR count). The molecule has 1 aromatic rings. The van der Waals surface area contributed by atoms with Crippen molar-refractivity contribution in [2.45, 2.75) is 13.0 Å². The maximum Gasteiger partial charge on any atom is 0.259 e. The minimum atomic E-state index is -3.21. The Bertz CT molecular complexity index is 532. The molecule has 1 unspecified atom stereocenters. The molecular formula is C11H15NO5S. The summed E-state index contributed by atoms with van der Waals surface area (Å²) >= 11 is 0. The zero-order valence-electron chi connectivity index (χ0n) is 10.0. The standard InChI is InChI=1S/C11H15NO5S/c1-7(6-18(2,16)17)12-11(15)10-8(13)4-3-5-9(10)14/h3-5,7,13-14H,6H2,1-2H3,(H,12,15). The van der Waals surface area contributed by atoms with Crippen LogP contribution in [0.25, 0.3) is 0 Å². The number of aromatic hydroxyl groups is 2. The highest BCUT2D eigenvalue weighted by Crippen LogP contribution is 2.25. The van der Waals surface area contributed by atoms with Crippen LogP contribution in [0.1, 0.15) is 17.3 Å². The summed E-state index contributed by atoms with van der Waals surface area (Å²) in [4.78, 5) is 11.8. The SMILES string of the molecule is CC(CS(C)(=O)=O)NC(=O)c1c(O)cccc1O. The summed E-state index contributed by atoms with van der Waals surface area (Å²) in [6, 6.07) is 3.29. The predicted octanol–water partition coefficient (Wildman–Crippen LogP) is 0.261. The molecule has 0 saturated carbocycles. The van der Waals surface area contributed by atoms with Crippen LogP contribution in [0.4, 0.5) is 0 Å². The van der Waals surface area contributed by atoms with E-state index in [9.17, 15) is 23.4 Å². The average Bonchev–Trinajstić information content (AvgIpc) is 2.13. The molecule has 1 amide bonds. The minimum absolute atomic E-state index is 0.215. The van der Waals surface area contributed by atoms with E-state index in [1.807, 2.05) is 0 Å². The van der Waals surface area contributed by atoms with Crippen LogP contribution in [0.3, 0.4) is 0 Å². The second-order valence-electron chi connectivity index (χ2n) is 4.14. The third kappa shape index (κ3) is 3.92. The molecule has 0 aliphatic carbocycles. The fourth-order valence-corrected chi connectivity index (χ4v) is 2.54. The highest BCUT2D eigenvalue weighted by atomic mass is 32.2. The Labute approximate surface area is 105 Å². The number of hydrogen-bond acceptors (Lipinski definition) is 5. The van der Waals surface area contributed by atoms with Gasteiger partial charge >= 0.3 is 0 Å². The molecule has 3 N–H and O–H groups in total. The number of hydrogen-bond donors (Lipinski definition) is 3. The molecule has 7 heteroatoms. The van der Waals surface area contributed by atoms with Gasteiger partial charge in [0.05, 0.1) is 5.75 Å². The second-order valence-corrected chi connectivity index (χ2v) is 6.32. The maximum absolute atomic E-state index is 11.8. The number of carbonyl (C=O) groups excluding carboxylic acids is 1. The van der Waals surface area contributed by atoms with E-state index in [4.69, 9.17) is 0 Å². The van der Waals surface area contributed by atoms with Gasteiger partial charge in [0.1, 0.15) is 26.9 Å². The van der Waals surface area contributed by atoms with Crippen LogP contribution in [-0.4, -0.2) is 42.6 Å². The number of sulfone groups is 1. The van der Waals surface area contributed by atoms with Crippen LogP contribution in [0.5, 0.6) is 11.5 Å². The number of nitrogens with one attached hydrogen (secondary N) is 1. The molecule has 0 bridgehead atoms. The van der Waals surface area contributed by atoms with Crippen LogP contribution in [0.15, 0.2) is 18.2 Å². The first kappa shape index (κ1) is 14.3. The summed E-state index contributed by atoms with van der Waals surface area (Å²) < 4.78 is 22.1. The number of phenols is 2. The second kappa shape index (κ2) is 5.26. The molecule has 6 nitrogen and oxygen atoms in total. The van der Waals surface area contributed by atoms with Gasteiger partial charge in [-0.15, -0.1) is 0 Å². The van der Waals surface area contributed by atoms with Gasteiger partial charge in [-0.2, -0.15) is 0 Å². The fourth-order valence-electron chi connectivity index (χ4n) is 1.55. The molecule has 0 fully saturated rings. The van der Waals surface area contributed by atoms with E-state index in [0.29, 0.717) is 0 Å². The lowest BCUT2D eigenvalue weighted by Crippen LogP contribution is -2.37. The molecule has 100 valence electrons. The van der Waals surface area contributed by atoms with Crippen LogP contribution in [0, 0.1) is 0 Å². The van der Waals surface area contributed by atoms with Crippen molar-refractivity contribution in [3.05, 3.63) is 23.8 Å². The molecule has 1 atom stereocenters. The number of benzene rings is 1. The van der Waals surface area contributed by atoms with Gasteiger partial charge in [0, 0.05) is 12.3 Å². The molecule has 0 heterocycles. The highest BCUT2D eigenvalue weighted by Gasteiger charge is 2.19. The Morgan fingerprint density at radius 3 is 2.28 bits per heavy atom. The minimum Gasteiger partial charge on any atom is -0.507 e. The van der Waals surface area contributed by atoms with Crippen molar-refractivity contribution in [2.24, 2.45) is 0 Å². The summed E-state index contributed by atoms with van der Waals surface area (Å²) in [5.74, 6) is -1.66. The zero-order valence-corrected chi connectivity index (χ0v) is 10.9. The molecule has 0 aliphatic rings. The molecular weight excluding hydrogens is 258 g/mol. The lowest BCUT2D eigenvalue weighted by Gasteiger charge is -2.14. The summed E-state index contributed by atoms with van der Waals surface area (Å²) in [6.07, 6.45) is 1.06. The summed E-state index contributed by atoms with van der Waals surface area (Å²) in [5.41, 5.74) is -0.266. The van der Waals surface area contributed by atoms with Crippen molar-refractivity contribution in [3.63, 3.8) is 0 Å². The van der Waals surface area contributed by atoms with Crippen molar-refractivity contribution in [3.8, 4) is 11.5 Å². The highest BCUT2D eigenvalue weighted by molar-refractivity contribution is 7.90. The van der Waals surface area contributed by atoms with Crippen molar-refractivity contribution < 1.29 is 23.4 Å². The summed E-state index contributed by atoms with van der Waals surface area (Å²) in [5, 5.41) is 21.3. The monoisotopic (exact) mass is 273 g/mol. The van der Waals surface area contributed by atoms with Crippen LogP contribution < -0.4 is 5.32 Å². The van der Waals surface area contributed by atoms with Crippen LogP contribution in [0.2, 0.25) is 0 Å². The van der Waals surface area contributed by atoms with Crippen LogP contribution in [-0.2, 0) is 9.84 Å². The molecule has 1 aromatic carbocycles. The van der Waals surface area contributed by atoms with E-state index in [1.54, 1.807) is 0 Å². The first-order valence-corrected chi connectivity index (χ1v) is 7.26. The molecule has 0 aromatic heterocycles. The lowest BCUT2D eigenvalue weighted by atomic mass is 10.1. The Hall–Kier alpha value is -1.76. The third-order valence-electron chi connectivity index (χ3n) is 2.18. The van der Waals surface area contributed by atoms with Gasteiger partial charge in [0.15, 0.2) is 0 Å². The average molecular weight is 273 g/mol. The smallest absolute Gasteiger partial charge is 0.259 e. The Morgan fingerprint density at radius 1 is 1.33 bits per heavy atom. The van der Waals surface area contributed by atoms with E-state index in [0.717, 1.165) is 6.26 Å². The first-order valence-electron chi connectivity index (χ1n) is 5.20. The van der Waals surface area contributed by atoms with Crippen molar-refractivity contribution in [1.29, 1.82) is 0 Å². The fraction of sp³-hybridized carbons (Fsp3) is 0.364. The Morgan fingerprint density at radius 2 is 1.83 bits per heavy atom. The van der Waals surface area contributed by atoms with Gasteiger partial charge < -0.3 is 15.5 Å².